The summed E-state index contributed by atoms with van der Waals surface area (Å²) in [6, 6.07) is 0. The van der Waals surface area contributed by atoms with Gasteiger partial charge in [0.25, 0.3) is 0 Å². The van der Waals surface area contributed by atoms with Gasteiger partial charge in [0.2, 0.25) is 0 Å². The maximum atomic E-state index is 11.5. The molecule has 0 bridgehead atoms. The third kappa shape index (κ3) is 1.72. The maximum absolute atomic E-state index is 11.5. The second kappa shape index (κ2) is 3.56. The zero-order valence-corrected chi connectivity index (χ0v) is 8.23. The molecular weight excluding hydrogens is 180 g/mol. The summed E-state index contributed by atoms with van der Waals surface area (Å²) >= 11 is 0. The number of hydrogen-bond donors (Lipinski definition) is 0. The highest BCUT2D eigenvalue weighted by atomic mass is 16.5. The molecule has 1 unspecified atom stereocenters. The van der Waals surface area contributed by atoms with Crippen molar-refractivity contribution in [1.29, 1.82) is 0 Å². The maximum Gasteiger partial charge on any atom is 0.313 e. The summed E-state index contributed by atoms with van der Waals surface area (Å²) in [5, 5.41) is 0. The summed E-state index contributed by atoms with van der Waals surface area (Å²) in [6.45, 7) is 2.41. The van der Waals surface area contributed by atoms with Crippen molar-refractivity contribution in [1.82, 2.24) is 0 Å². The number of fused-ring (bicyclic) bond motifs is 1. The topological polar surface area (TPSA) is 43.4 Å². The molecule has 14 heavy (non-hydrogen) atoms. The van der Waals surface area contributed by atoms with Crippen LogP contribution < -0.4 is 0 Å². The first kappa shape index (κ1) is 9.44. The SMILES string of the molecule is C[C@@H]1/C=C\C2C(=O)OC[C@@H]2CC(=O)C1. The number of esters is 1. The van der Waals surface area contributed by atoms with Crippen LogP contribution in [0.2, 0.25) is 0 Å². The molecular formula is C11H14O3. The van der Waals surface area contributed by atoms with Crippen molar-refractivity contribution >= 4 is 11.8 Å². The number of Topliss-reactive ketones (excluding diaryl/α,β-unsaturated/α-hetero) is 1. The fraction of sp³-hybridized carbons (Fsp3) is 0.636. The summed E-state index contributed by atoms with van der Waals surface area (Å²) in [5.74, 6) is 0.223. The first-order chi connectivity index (χ1) is 6.66. The van der Waals surface area contributed by atoms with Gasteiger partial charge in [-0.15, -0.1) is 0 Å². The molecule has 3 heteroatoms. The lowest BCUT2D eigenvalue weighted by Gasteiger charge is -2.16. The van der Waals surface area contributed by atoms with E-state index in [-0.39, 0.29) is 29.5 Å². The molecule has 0 amide bonds. The molecule has 3 atom stereocenters. The largest absolute Gasteiger partial charge is 0.465 e. The second-order valence-corrected chi connectivity index (χ2v) is 4.23. The molecule has 3 nitrogen and oxygen atoms in total. The summed E-state index contributed by atoms with van der Waals surface area (Å²) in [7, 11) is 0. The van der Waals surface area contributed by atoms with Crippen molar-refractivity contribution in [3.05, 3.63) is 12.2 Å². The monoisotopic (exact) mass is 194 g/mol. The highest BCUT2D eigenvalue weighted by Gasteiger charge is 2.37. The predicted octanol–water partition coefficient (Wildman–Crippen LogP) is 1.33. The molecule has 0 aromatic carbocycles. The number of ketones is 1. The van der Waals surface area contributed by atoms with Crippen molar-refractivity contribution in [2.45, 2.75) is 19.8 Å². The lowest BCUT2D eigenvalue weighted by atomic mass is 9.85. The number of ether oxygens (including phenoxy) is 1. The number of rotatable bonds is 0. The summed E-state index contributed by atoms with van der Waals surface area (Å²) < 4.78 is 4.95. The standard InChI is InChI=1S/C11H14O3/c1-7-2-3-10-8(5-9(12)4-7)6-14-11(10)13/h2-3,7-8,10H,4-6H2,1H3/b3-2-/t7-,8+,10?/m1/s1. The van der Waals surface area contributed by atoms with Crippen LogP contribution in [0.5, 0.6) is 0 Å². The molecule has 0 aromatic rings. The smallest absolute Gasteiger partial charge is 0.313 e. The Kier molecular flexibility index (Phi) is 2.40. The molecule has 0 spiro atoms. The van der Waals surface area contributed by atoms with Crippen molar-refractivity contribution in [2.24, 2.45) is 17.8 Å². The number of carbonyl (C=O) groups excluding carboxylic acids is 2. The van der Waals surface area contributed by atoms with Gasteiger partial charge in [-0.25, -0.2) is 0 Å². The second-order valence-electron chi connectivity index (χ2n) is 4.23. The molecule has 0 saturated carbocycles. The van der Waals surface area contributed by atoms with E-state index in [1.54, 1.807) is 0 Å². The zero-order chi connectivity index (χ0) is 10.1. The third-order valence-electron chi connectivity index (χ3n) is 2.91. The zero-order valence-electron chi connectivity index (χ0n) is 8.23. The van der Waals surface area contributed by atoms with Crippen LogP contribution in [0.4, 0.5) is 0 Å². The Balaban J connectivity index is 2.21. The lowest BCUT2D eigenvalue weighted by molar-refractivity contribution is -0.140. The van der Waals surface area contributed by atoms with Crippen LogP contribution in [0.25, 0.3) is 0 Å². The normalized spacial score (nSPS) is 39.6. The van der Waals surface area contributed by atoms with Gasteiger partial charge in [0.05, 0.1) is 12.5 Å². The van der Waals surface area contributed by atoms with Gasteiger partial charge >= 0.3 is 5.97 Å². The van der Waals surface area contributed by atoms with E-state index in [0.29, 0.717) is 19.4 Å². The number of allylic oxidation sites excluding steroid dienone is 1. The van der Waals surface area contributed by atoms with E-state index in [9.17, 15) is 9.59 Å². The fourth-order valence-electron chi connectivity index (χ4n) is 2.12. The number of carbonyl (C=O) groups is 2. The molecule has 1 aliphatic carbocycles. The van der Waals surface area contributed by atoms with Gasteiger partial charge in [0.15, 0.2) is 0 Å². The Labute approximate surface area is 83.1 Å². The van der Waals surface area contributed by atoms with Crippen LogP contribution >= 0.6 is 0 Å². The number of cyclic esters (lactones) is 1. The fourth-order valence-corrected chi connectivity index (χ4v) is 2.12. The average Bonchev–Trinajstić information content (AvgIpc) is 2.41. The minimum atomic E-state index is -0.179. The van der Waals surface area contributed by atoms with E-state index >= 15 is 0 Å². The highest BCUT2D eigenvalue weighted by molar-refractivity contribution is 5.83. The van der Waals surface area contributed by atoms with E-state index in [2.05, 4.69) is 0 Å². The first-order valence-corrected chi connectivity index (χ1v) is 5.03. The molecule has 2 aliphatic rings. The summed E-state index contributed by atoms with van der Waals surface area (Å²) in [6.07, 6.45) is 4.96. The van der Waals surface area contributed by atoms with Gasteiger partial charge < -0.3 is 4.74 Å². The van der Waals surface area contributed by atoms with Gasteiger partial charge in [-0.3, -0.25) is 9.59 Å². The van der Waals surface area contributed by atoms with Gasteiger partial charge in [-0.2, -0.15) is 0 Å². The predicted molar refractivity (Wildman–Crippen MR) is 50.5 cm³/mol. The molecule has 1 heterocycles. The minimum absolute atomic E-state index is 0.0822. The quantitative estimate of drug-likeness (QED) is 0.431. The van der Waals surface area contributed by atoms with Crippen LogP contribution in [0, 0.1) is 17.8 Å². The first-order valence-electron chi connectivity index (χ1n) is 5.03. The van der Waals surface area contributed by atoms with E-state index in [0.717, 1.165) is 0 Å². The van der Waals surface area contributed by atoms with Crippen LogP contribution in [0.15, 0.2) is 12.2 Å². The average molecular weight is 194 g/mol. The van der Waals surface area contributed by atoms with Crippen molar-refractivity contribution in [2.75, 3.05) is 6.61 Å². The minimum Gasteiger partial charge on any atom is -0.465 e. The molecule has 0 aromatic heterocycles. The lowest BCUT2D eigenvalue weighted by Crippen LogP contribution is -2.20. The molecule has 1 aliphatic heterocycles. The molecule has 1 saturated heterocycles. The Bertz CT molecular complexity index is 293. The summed E-state index contributed by atoms with van der Waals surface area (Å²) in [4.78, 5) is 22.8. The van der Waals surface area contributed by atoms with Gasteiger partial charge in [0.1, 0.15) is 5.78 Å². The molecule has 2 rings (SSSR count). The summed E-state index contributed by atoms with van der Waals surface area (Å²) in [5.41, 5.74) is 0. The highest BCUT2D eigenvalue weighted by Crippen LogP contribution is 2.30. The molecule has 0 N–H and O–H groups in total. The van der Waals surface area contributed by atoms with E-state index in [1.165, 1.54) is 0 Å². The van der Waals surface area contributed by atoms with Crippen LogP contribution in [0.1, 0.15) is 19.8 Å². The van der Waals surface area contributed by atoms with Gasteiger partial charge in [-0.05, 0) is 5.92 Å². The van der Waals surface area contributed by atoms with Gasteiger partial charge in [0, 0.05) is 18.8 Å². The Hall–Kier alpha value is -1.12. The van der Waals surface area contributed by atoms with Crippen molar-refractivity contribution < 1.29 is 14.3 Å². The molecule has 0 radical (unpaired) electrons. The molecule has 1 fully saturated rings. The van der Waals surface area contributed by atoms with E-state index < -0.39 is 0 Å². The third-order valence-corrected chi connectivity index (χ3v) is 2.91. The van der Waals surface area contributed by atoms with Crippen LogP contribution in [-0.2, 0) is 14.3 Å². The Morgan fingerprint density at radius 3 is 2.86 bits per heavy atom. The van der Waals surface area contributed by atoms with Crippen LogP contribution in [0.3, 0.4) is 0 Å². The van der Waals surface area contributed by atoms with Gasteiger partial charge in [-0.1, -0.05) is 19.1 Å². The van der Waals surface area contributed by atoms with E-state index in [1.807, 2.05) is 19.1 Å². The van der Waals surface area contributed by atoms with Crippen LogP contribution in [-0.4, -0.2) is 18.4 Å². The Morgan fingerprint density at radius 2 is 2.07 bits per heavy atom. The van der Waals surface area contributed by atoms with Crippen molar-refractivity contribution in [3.8, 4) is 0 Å². The van der Waals surface area contributed by atoms with Crippen molar-refractivity contribution in [3.63, 3.8) is 0 Å². The Morgan fingerprint density at radius 1 is 1.29 bits per heavy atom. The number of hydrogen-bond acceptors (Lipinski definition) is 3. The van der Waals surface area contributed by atoms with E-state index in [4.69, 9.17) is 4.74 Å². The molecule has 76 valence electrons.